The number of nitrogens with zero attached hydrogens (tertiary/aromatic N) is 2. The van der Waals surface area contributed by atoms with Crippen LogP contribution in [0.3, 0.4) is 0 Å². The lowest BCUT2D eigenvalue weighted by molar-refractivity contribution is -0.140. The second kappa shape index (κ2) is 11.9. The Morgan fingerprint density at radius 2 is 1.59 bits per heavy atom. The van der Waals surface area contributed by atoms with Crippen LogP contribution in [0, 0.1) is 6.92 Å². The number of hydrogen-bond donors (Lipinski definition) is 1. The van der Waals surface area contributed by atoms with E-state index in [0.29, 0.717) is 31.0 Å². The summed E-state index contributed by atoms with van der Waals surface area (Å²) in [7, 11) is 0. The number of carbonyl (C=O) groups is 2. The largest absolute Gasteiger partial charge is 0.507 e. The molecular weight excluding hydrogens is 464 g/mol. The van der Waals surface area contributed by atoms with Gasteiger partial charge in [-0.25, -0.2) is 0 Å². The SMILES string of the molecule is CCN(CC)CCN1C(=O)C(=O)/C(=C(/O)c2ccc(OCc3ccccc3)c(C)c2)[C@H]1c1ccccc1. The zero-order valence-corrected chi connectivity index (χ0v) is 21.7. The van der Waals surface area contributed by atoms with Crippen LogP contribution in [-0.2, 0) is 16.2 Å². The number of amides is 1. The fraction of sp³-hybridized carbons (Fsp3) is 0.290. The standard InChI is InChI=1S/C31H34N2O4/c1-4-32(5-2)18-19-33-28(24-14-10-7-11-15-24)27(30(35)31(33)36)29(34)25-16-17-26(22(3)20-25)37-21-23-12-8-6-9-13-23/h6-17,20,28,34H,4-5,18-19,21H2,1-3H3/b29-27+/t28-/m1/s1. The minimum atomic E-state index is -0.659. The highest BCUT2D eigenvalue weighted by Crippen LogP contribution is 2.39. The average Bonchev–Trinajstić information content (AvgIpc) is 3.18. The molecule has 1 saturated heterocycles. The maximum Gasteiger partial charge on any atom is 0.295 e. The van der Waals surface area contributed by atoms with Crippen LogP contribution in [0.15, 0.2) is 84.4 Å². The summed E-state index contributed by atoms with van der Waals surface area (Å²) in [6.45, 7) is 9.23. The number of aliphatic hydroxyl groups excluding tert-OH is 1. The van der Waals surface area contributed by atoms with E-state index in [1.165, 1.54) is 0 Å². The highest BCUT2D eigenvalue weighted by atomic mass is 16.5. The summed E-state index contributed by atoms with van der Waals surface area (Å²) in [5, 5.41) is 11.4. The van der Waals surface area contributed by atoms with Gasteiger partial charge in [0, 0.05) is 18.7 Å². The molecule has 1 aliphatic heterocycles. The summed E-state index contributed by atoms with van der Waals surface area (Å²) in [5.41, 5.74) is 3.27. The Bertz CT molecular complexity index is 1270. The molecular formula is C31H34N2O4. The lowest BCUT2D eigenvalue weighted by atomic mass is 9.95. The lowest BCUT2D eigenvalue weighted by Gasteiger charge is -2.28. The molecule has 1 heterocycles. The molecule has 1 atom stereocenters. The molecule has 1 amide bonds. The molecule has 6 heteroatoms. The van der Waals surface area contributed by atoms with Gasteiger partial charge in [-0.3, -0.25) is 9.59 Å². The van der Waals surface area contributed by atoms with Crippen molar-refractivity contribution in [1.29, 1.82) is 0 Å². The number of likely N-dealkylation sites (tertiary alicyclic amines) is 1. The third kappa shape index (κ3) is 5.75. The Morgan fingerprint density at radius 1 is 0.946 bits per heavy atom. The number of rotatable bonds is 10. The van der Waals surface area contributed by atoms with Crippen molar-refractivity contribution >= 4 is 17.4 Å². The smallest absolute Gasteiger partial charge is 0.295 e. The highest BCUT2D eigenvalue weighted by molar-refractivity contribution is 6.46. The normalized spacial score (nSPS) is 17.0. The predicted molar refractivity (Wildman–Crippen MR) is 145 cm³/mol. The van der Waals surface area contributed by atoms with Crippen molar-refractivity contribution in [2.24, 2.45) is 0 Å². The van der Waals surface area contributed by atoms with Gasteiger partial charge in [0.15, 0.2) is 0 Å². The number of Topliss-reactive ketones (excluding diaryl/α,β-unsaturated/α-hetero) is 1. The zero-order chi connectivity index (χ0) is 26.4. The van der Waals surface area contributed by atoms with Crippen LogP contribution in [0.2, 0.25) is 0 Å². The molecule has 0 radical (unpaired) electrons. The molecule has 3 aromatic carbocycles. The van der Waals surface area contributed by atoms with E-state index in [4.69, 9.17) is 4.74 Å². The first-order valence-corrected chi connectivity index (χ1v) is 12.8. The minimum absolute atomic E-state index is 0.119. The van der Waals surface area contributed by atoms with Crippen LogP contribution in [0.1, 0.15) is 42.1 Å². The van der Waals surface area contributed by atoms with Crippen molar-refractivity contribution in [2.75, 3.05) is 26.2 Å². The third-order valence-corrected chi connectivity index (χ3v) is 6.89. The van der Waals surface area contributed by atoms with Crippen LogP contribution in [0.5, 0.6) is 5.75 Å². The minimum Gasteiger partial charge on any atom is -0.507 e. The lowest BCUT2D eigenvalue weighted by Crippen LogP contribution is -2.38. The van der Waals surface area contributed by atoms with Crippen molar-refractivity contribution < 1.29 is 19.4 Å². The van der Waals surface area contributed by atoms with E-state index in [9.17, 15) is 14.7 Å². The van der Waals surface area contributed by atoms with Crippen LogP contribution in [-0.4, -0.2) is 52.8 Å². The molecule has 0 bridgehead atoms. The summed E-state index contributed by atoms with van der Waals surface area (Å²) in [4.78, 5) is 30.2. The second-order valence-corrected chi connectivity index (χ2v) is 9.18. The van der Waals surface area contributed by atoms with Gasteiger partial charge in [-0.05, 0) is 54.9 Å². The van der Waals surface area contributed by atoms with Crippen molar-refractivity contribution in [2.45, 2.75) is 33.4 Å². The summed E-state index contributed by atoms with van der Waals surface area (Å²) in [6, 6.07) is 24.0. The number of ether oxygens (including phenoxy) is 1. The van der Waals surface area contributed by atoms with E-state index < -0.39 is 17.7 Å². The topological polar surface area (TPSA) is 70.1 Å². The van der Waals surface area contributed by atoms with Crippen LogP contribution < -0.4 is 4.74 Å². The van der Waals surface area contributed by atoms with E-state index in [1.807, 2.05) is 67.6 Å². The monoisotopic (exact) mass is 498 g/mol. The first-order chi connectivity index (χ1) is 17.9. The van der Waals surface area contributed by atoms with Crippen molar-refractivity contribution in [3.05, 3.63) is 107 Å². The Balaban J connectivity index is 1.66. The van der Waals surface area contributed by atoms with Crippen molar-refractivity contribution in [3.8, 4) is 5.75 Å². The summed E-state index contributed by atoms with van der Waals surface area (Å²) in [5.74, 6) is -0.718. The summed E-state index contributed by atoms with van der Waals surface area (Å²) < 4.78 is 5.97. The number of aryl methyl sites for hydroxylation is 1. The number of aliphatic hydroxyl groups is 1. The maximum absolute atomic E-state index is 13.3. The maximum atomic E-state index is 13.3. The molecule has 0 unspecified atom stereocenters. The number of likely N-dealkylation sites (N-methyl/N-ethyl adjacent to an activating group) is 1. The molecule has 1 fully saturated rings. The Kier molecular flexibility index (Phi) is 8.41. The van der Waals surface area contributed by atoms with Crippen LogP contribution >= 0.6 is 0 Å². The van der Waals surface area contributed by atoms with Crippen LogP contribution in [0.4, 0.5) is 0 Å². The van der Waals surface area contributed by atoms with Gasteiger partial charge in [-0.15, -0.1) is 0 Å². The molecule has 0 aliphatic carbocycles. The molecule has 0 saturated carbocycles. The van der Waals surface area contributed by atoms with Gasteiger partial charge in [0.2, 0.25) is 0 Å². The van der Waals surface area contributed by atoms with Crippen LogP contribution in [0.25, 0.3) is 5.76 Å². The van der Waals surface area contributed by atoms with E-state index in [1.54, 1.807) is 23.1 Å². The highest BCUT2D eigenvalue weighted by Gasteiger charge is 2.45. The number of benzene rings is 3. The van der Waals surface area contributed by atoms with E-state index in [2.05, 4.69) is 18.7 Å². The fourth-order valence-electron chi connectivity index (χ4n) is 4.73. The molecule has 37 heavy (non-hydrogen) atoms. The molecule has 4 rings (SSSR count). The number of carbonyl (C=O) groups excluding carboxylic acids is 2. The molecule has 0 spiro atoms. The molecule has 6 nitrogen and oxygen atoms in total. The van der Waals surface area contributed by atoms with Crippen molar-refractivity contribution in [1.82, 2.24) is 9.80 Å². The molecule has 192 valence electrons. The first-order valence-electron chi connectivity index (χ1n) is 12.8. The first kappa shape index (κ1) is 26.2. The Hall–Kier alpha value is -3.90. The van der Waals surface area contributed by atoms with E-state index in [0.717, 1.165) is 29.8 Å². The summed E-state index contributed by atoms with van der Waals surface area (Å²) in [6.07, 6.45) is 0. The zero-order valence-electron chi connectivity index (χ0n) is 21.7. The van der Waals surface area contributed by atoms with Gasteiger partial charge >= 0.3 is 0 Å². The van der Waals surface area contributed by atoms with Gasteiger partial charge in [0.05, 0.1) is 11.6 Å². The predicted octanol–water partition coefficient (Wildman–Crippen LogP) is 5.34. The fourth-order valence-corrected chi connectivity index (χ4v) is 4.73. The molecule has 3 aromatic rings. The summed E-state index contributed by atoms with van der Waals surface area (Å²) >= 11 is 0. The quantitative estimate of drug-likeness (QED) is 0.232. The van der Waals surface area contributed by atoms with E-state index in [-0.39, 0.29) is 11.3 Å². The molecule has 1 aliphatic rings. The van der Waals surface area contributed by atoms with E-state index >= 15 is 0 Å². The molecule has 0 aromatic heterocycles. The van der Waals surface area contributed by atoms with Gasteiger partial charge < -0.3 is 19.6 Å². The van der Waals surface area contributed by atoms with Gasteiger partial charge in [0.25, 0.3) is 11.7 Å². The third-order valence-electron chi connectivity index (χ3n) is 6.89. The van der Waals surface area contributed by atoms with Gasteiger partial charge in [-0.1, -0.05) is 74.5 Å². The Morgan fingerprint density at radius 3 is 2.22 bits per heavy atom. The average molecular weight is 499 g/mol. The van der Waals surface area contributed by atoms with Crippen molar-refractivity contribution in [3.63, 3.8) is 0 Å². The van der Waals surface area contributed by atoms with Gasteiger partial charge in [-0.2, -0.15) is 0 Å². The number of ketones is 1. The number of hydrogen-bond acceptors (Lipinski definition) is 5. The van der Waals surface area contributed by atoms with Gasteiger partial charge in [0.1, 0.15) is 18.1 Å². The molecule has 1 N–H and O–H groups in total. The Labute approximate surface area is 218 Å². The second-order valence-electron chi connectivity index (χ2n) is 9.18.